The zero-order valence-corrected chi connectivity index (χ0v) is 15.7. The molecule has 0 fully saturated rings. The van der Waals surface area contributed by atoms with Gasteiger partial charge in [-0.05, 0) is 44.9 Å². The Bertz CT molecular complexity index is 562. The van der Waals surface area contributed by atoms with Crippen molar-refractivity contribution < 1.29 is 24.2 Å². The molecule has 1 atom stereocenters. The summed E-state index contributed by atoms with van der Waals surface area (Å²) in [5.74, 6) is 0.178. The molecule has 0 aromatic heterocycles. The summed E-state index contributed by atoms with van der Waals surface area (Å²) in [5, 5.41) is 10.3. The first-order chi connectivity index (χ1) is 11.6. The summed E-state index contributed by atoms with van der Waals surface area (Å²) >= 11 is 0. The highest BCUT2D eigenvalue weighted by Crippen LogP contribution is 2.20. The molecular formula is C19H29NO5. The number of rotatable bonds is 7. The van der Waals surface area contributed by atoms with Crippen LogP contribution in [0.3, 0.4) is 0 Å². The van der Waals surface area contributed by atoms with Gasteiger partial charge in [-0.25, -0.2) is 4.79 Å². The predicted molar refractivity (Wildman–Crippen MR) is 95.4 cm³/mol. The molecule has 1 rings (SSSR count). The van der Waals surface area contributed by atoms with Crippen molar-refractivity contribution in [2.75, 3.05) is 13.6 Å². The number of likely N-dealkylation sites (N-methyl/N-ethyl adjacent to an activating group) is 1. The second-order valence-electron chi connectivity index (χ2n) is 7.02. The van der Waals surface area contributed by atoms with Crippen molar-refractivity contribution in [3.63, 3.8) is 0 Å². The molecule has 6 heteroatoms. The molecule has 0 bridgehead atoms. The highest BCUT2D eigenvalue weighted by Gasteiger charge is 2.21. The average molecular weight is 351 g/mol. The first-order valence-electron chi connectivity index (χ1n) is 8.55. The van der Waals surface area contributed by atoms with Gasteiger partial charge < -0.3 is 19.5 Å². The first kappa shape index (κ1) is 21.0. The Morgan fingerprint density at radius 2 is 1.80 bits per heavy atom. The van der Waals surface area contributed by atoms with E-state index in [1.165, 1.54) is 4.90 Å². The van der Waals surface area contributed by atoms with E-state index in [9.17, 15) is 14.7 Å². The molecule has 0 aliphatic rings. The summed E-state index contributed by atoms with van der Waals surface area (Å²) < 4.78 is 10.5. The first-order valence-corrected chi connectivity index (χ1v) is 8.55. The lowest BCUT2D eigenvalue weighted by Crippen LogP contribution is -2.36. The number of ether oxygens (including phenoxy) is 2. The number of benzene rings is 1. The van der Waals surface area contributed by atoms with Gasteiger partial charge in [0.25, 0.3) is 0 Å². The van der Waals surface area contributed by atoms with Crippen LogP contribution < -0.4 is 4.74 Å². The van der Waals surface area contributed by atoms with E-state index >= 15 is 0 Å². The van der Waals surface area contributed by atoms with Crippen LogP contribution in [0.25, 0.3) is 0 Å². The van der Waals surface area contributed by atoms with Crippen molar-refractivity contribution in [1.29, 1.82) is 0 Å². The van der Waals surface area contributed by atoms with Crippen LogP contribution in [-0.4, -0.2) is 41.3 Å². The van der Waals surface area contributed by atoms with Crippen LogP contribution in [0.5, 0.6) is 5.75 Å². The minimum absolute atomic E-state index is 0.102. The number of aliphatic hydroxyl groups excluding tert-OH is 1. The van der Waals surface area contributed by atoms with Gasteiger partial charge in [0, 0.05) is 13.5 Å². The molecular weight excluding hydrogens is 322 g/mol. The number of hydrogen-bond acceptors (Lipinski definition) is 5. The van der Waals surface area contributed by atoms with Crippen molar-refractivity contribution in [3.05, 3.63) is 29.8 Å². The van der Waals surface area contributed by atoms with Gasteiger partial charge >= 0.3 is 12.1 Å². The summed E-state index contributed by atoms with van der Waals surface area (Å²) in [6.45, 7) is 7.48. The van der Waals surface area contributed by atoms with Gasteiger partial charge in [-0.2, -0.15) is 0 Å². The summed E-state index contributed by atoms with van der Waals surface area (Å²) in [6.07, 6.45) is 0.773. The lowest BCUT2D eigenvalue weighted by molar-refractivity contribution is -0.134. The third-order valence-electron chi connectivity index (χ3n) is 3.38. The molecule has 0 radical (unpaired) electrons. The lowest BCUT2D eigenvalue weighted by atomic mass is 10.1. The molecule has 0 saturated heterocycles. The minimum Gasteiger partial charge on any atom is -0.444 e. The largest absolute Gasteiger partial charge is 0.444 e. The summed E-state index contributed by atoms with van der Waals surface area (Å²) in [4.78, 5) is 24.8. The average Bonchev–Trinajstić information content (AvgIpc) is 2.51. The van der Waals surface area contributed by atoms with Crippen LogP contribution >= 0.6 is 0 Å². The van der Waals surface area contributed by atoms with E-state index < -0.39 is 17.8 Å². The molecule has 6 nitrogen and oxygen atoms in total. The molecule has 140 valence electrons. The molecule has 0 aliphatic carbocycles. The number of hydrogen-bond donors (Lipinski definition) is 1. The minimum atomic E-state index is -0.859. The van der Waals surface area contributed by atoms with Gasteiger partial charge in [0.05, 0.1) is 12.6 Å². The second kappa shape index (κ2) is 9.42. The fourth-order valence-corrected chi connectivity index (χ4v) is 2.04. The van der Waals surface area contributed by atoms with Gasteiger partial charge in [0.1, 0.15) is 11.4 Å². The van der Waals surface area contributed by atoms with Crippen molar-refractivity contribution >= 4 is 12.1 Å². The Balaban J connectivity index is 2.57. The molecule has 25 heavy (non-hydrogen) atoms. The van der Waals surface area contributed by atoms with Crippen molar-refractivity contribution in [2.45, 2.75) is 58.7 Å². The van der Waals surface area contributed by atoms with Crippen LogP contribution in [0.1, 0.15) is 58.6 Å². The third kappa shape index (κ3) is 8.03. The fourth-order valence-electron chi connectivity index (χ4n) is 2.04. The molecule has 1 unspecified atom stereocenters. The maximum Gasteiger partial charge on any atom is 0.410 e. The summed E-state index contributed by atoms with van der Waals surface area (Å²) in [5.41, 5.74) is 0.0448. The zero-order chi connectivity index (χ0) is 19.0. The number of unbranched alkanes of at least 4 members (excludes halogenated alkanes) is 1. The number of carbonyl (C=O) groups is 2. The zero-order valence-electron chi connectivity index (χ0n) is 15.7. The second-order valence-corrected chi connectivity index (χ2v) is 7.02. The van der Waals surface area contributed by atoms with Crippen LogP contribution in [0.2, 0.25) is 0 Å². The molecule has 0 saturated carbocycles. The summed E-state index contributed by atoms with van der Waals surface area (Å²) in [6, 6.07) is 6.62. The Kier molecular flexibility index (Phi) is 7.90. The number of nitrogens with zero attached hydrogens (tertiary/aromatic N) is 1. The highest BCUT2D eigenvalue weighted by molar-refractivity contribution is 5.72. The monoisotopic (exact) mass is 351 g/mol. The Labute approximate surface area is 149 Å². The normalized spacial score (nSPS) is 12.4. The van der Waals surface area contributed by atoms with E-state index in [4.69, 9.17) is 9.47 Å². The molecule has 1 aromatic carbocycles. The molecule has 0 spiro atoms. The Morgan fingerprint density at radius 1 is 1.20 bits per heavy atom. The summed E-state index contributed by atoms with van der Waals surface area (Å²) in [7, 11) is 1.57. The standard InChI is InChI=1S/C19H29NO5/c1-6-7-8-17(22)24-15-11-9-14(10-12-15)16(21)13-20(5)18(23)25-19(2,3)4/h9-12,16,21H,6-8,13H2,1-5H3. The maximum absolute atomic E-state index is 11.9. The van der Waals surface area contributed by atoms with Crippen LogP contribution in [0.15, 0.2) is 24.3 Å². The smallest absolute Gasteiger partial charge is 0.410 e. The topological polar surface area (TPSA) is 76.1 Å². The van der Waals surface area contributed by atoms with Crippen molar-refractivity contribution in [3.8, 4) is 5.75 Å². The van der Waals surface area contributed by atoms with Gasteiger partial charge in [-0.1, -0.05) is 25.5 Å². The lowest BCUT2D eigenvalue weighted by Gasteiger charge is -2.26. The van der Waals surface area contributed by atoms with E-state index in [2.05, 4.69) is 0 Å². The fraction of sp³-hybridized carbons (Fsp3) is 0.579. The molecule has 0 aliphatic heterocycles. The van der Waals surface area contributed by atoms with Gasteiger partial charge in [-0.3, -0.25) is 4.79 Å². The van der Waals surface area contributed by atoms with Gasteiger partial charge in [0.2, 0.25) is 0 Å². The van der Waals surface area contributed by atoms with Crippen molar-refractivity contribution in [2.24, 2.45) is 0 Å². The quantitative estimate of drug-likeness (QED) is 0.599. The van der Waals surface area contributed by atoms with E-state index in [-0.39, 0.29) is 12.5 Å². The van der Waals surface area contributed by atoms with E-state index in [1.54, 1.807) is 52.1 Å². The Morgan fingerprint density at radius 3 is 2.32 bits per heavy atom. The predicted octanol–water partition coefficient (Wildman–Crippen LogP) is 3.68. The number of carbonyl (C=O) groups excluding carboxylic acids is 2. The maximum atomic E-state index is 11.9. The molecule has 1 amide bonds. The Hall–Kier alpha value is -2.08. The van der Waals surface area contributed by atoms with Gasteiger partial charge in [-0.15, -0.1) is 0 Å². The van der Waals surface area contributed by atoms with Crippen LogP contribution in [0.4, 0.5) is 4.79 Å². The molecule has 0 heterocycles. The SMILES string of the molecule is CCCCC(=O)Oc1ccc(C(O)CN(C)C(=O)OC(C)(C)C)cc1. The van der Waals surface area contributed by atoms with Crippen LogP contribution in [0, 0.1) is 0 Å². The molecule has 1 aromatic rings. The van der Waals surface area contributed by atoms with E-state index in [0.717, 1.165) is 12.8 Å². The highest BCUT2D eigenvalue weighted by atomic mass is 16.6. The van der Waals surface area contributed by atoms with E-state index in [1.807, 2.05) is 6.92 Å². The third-order valence-corrected chi connectivity index (χ3v) is 3.38. The number of esters is 1. The van der Waals surface area contributed by atoms with Crippen LogP contribution in [-0.2, 0) is 9.53 Å². The number of aliphatic hydroxyl groups is 1. The van der Waals surface area contributed by atoms with E-state index in [0.29, 0.717) is 17.7 Å². The van der Waals surface area contributed by atoms with Crippen molar-refractivity contribution in [1.82, 2.24) is 4.90 Å². The number of amides is 1. The molecule has 1 N–H and O–H groups in total. The van der Waals surface area contributed by atoms with Gasteiger partial charge in [0.15, 0.2) is 0 Å².